The normalized spacial score (nSPS) is 11.8. The van der Waals surface area contributed by atoms with Gasteiger partial charge in [0.2, 0.25) is 5.91 Å². The molecule has 0 bridgehead atoms. The molecule has 192 valence electrons. The lowest BCUT2D eigenvalue weighted by atomic mass is 10.1. The zero-order chi connectivity index (χ0) is 26.1. The Hall–Kier alpha value is -2.57. The van der Waals surface area contributed by atoms with Gasteiger partial charge in [0.25, 0.3) is 5.91 Å². The number of aromatic nitrogens is 1. The highest BCUT2D eigenvalue weighted by Gasteiger charge is 2.26. The molecule has 2 amide bonds. The van der Waals surface area contributed by atoms with Crippen LogP contribution in [-0.4, -0.2) is 45.3 Å². The SMILES string of the molecule is CCCCN(Cc1cccn1Cc1ccc(Br)cc1)C(=O)CN(C(=O)c1ccc(Cl)cc1)C(C)CC. The summed E-state index contributed by atoms with van der Waals surface area (Å²) in [5, 5.41) is 0.578. The summed E-state index contributed by atoms with van der Waals surface area (Å²) in [4.78, 5) is 30.5. The minimum atomic E-state index is -0.150. The highest BCUT2D eigenvalue weighted by atomic mass is 79.9. The number of carbonyl (C=O) groups is 2. The van der Waals surface area contributed by atoms with E-state index in [1.807, 2.05) is 36.9 Å². The van der Waals surface area contributed by atoms with Crippen LogP contribution in [0.3, 0.4) is 0 Å². The van der Waals surface area contributed by atoms with Gasteiger partial charge in [0, 0.05) is 46.1 Å². The maximum absolute atomic E-state index is 13.6. The Morgan fingerprint density at radius 1 is 1.03 bits per heavy atom. The van der Waals surface area contributed by atoms with Gasteiger partial charge in [-0.05, 0) is 73.9 Å². The number of rotatable bonds is 12. The third kappa shape index (κ3) is 7.71. The summed E-state index contributed by atoms with van der Waals surface area (Å²) in [6.07, 6.45) is 4.71. The molecule has 3 rings (SSSR count). The summed E-state index contributed by atoms with van der Waals surface area (Å²) >= 11 is 9.50. The van der Waals surface area contributed by atoms with Crippen LogP contribution in [0.5, 0.6) is 0 Å². The lowest BCUT2D eigenvalue weighted by Crippen LogP contribution is -2.46. The van der Waals surface area contributed by atoms with Crippen molar-refractivity contribution in [1.82, 2.24) is 14.4 Å². The average molecular weight is 573 g/mol. The topological polar surface area (TPSA) is 45.6 Å². The first-order valence-corrected chi connectivity index (χ1v) is 13.7. The molecule has 0 saturated carbocycles. The molecule has 0 aliphatic carbocycles. The van der Waals surface area contributed by atoms with Crippen molar-refractivity contribution >= 4 is 39.3 Å². The highest BCUT2D eigenvalue weighted by molar-refractivity contribution is 9.10. The van der Waals surface area contributed by atoms with Gasteiger partial charge < -0.3 is 14.4 Å². The number of carbonyl (C=O) groups excluding carboxylic acids is 2. The van der Waals surface area contributed by atoms with Crippen LogP contribution in [0.1, 0.15) is 61.6 Å². The maximum Gasteiger partial charge on any atom is 0.254 e. The molecule has 1 heterocycles. The number of benzene rings is 2. The van der Waals surface area contributed by atoms with Crippen molar-refractivity contribution in [1.29, 1.82) is 0 Å². The largest absolute Gasteiger partial charge is 0.345 e. The Morgan fingerprint density at radius 3 is 2.36 bits per heavy atom. The first-order chi connectivity index (χ1) is 17.3. The molecule has 2 aromatic carbocycles. The summed E-state index contributed by atoms with van der Waals surface area (Å²) < 4.78 is 3.23. The van der Waals surface area contributed by atoms with Crippen LogP contribution < -0.4 is 0 Å². The summed E-state index contributed by atoms with van der Waals surface area (Å²) in [5.74, 6) is -0.189. The van der Waals surface area contributed by atoms with Crippen molar-refractivity contribution in [2.24, 2.45) is 0 Å². The smallest absolute Gasteiger partial charge is 0.254 e. The molecule has 0 radical (unpaired) electrons. The molecule has 0 N–H and O–H groups in total. The first-order valence-electron chi connectivity index (χ1n) is 12.5. The van der Waals surface area contributed by atoms with Gasteiger partial charge in [-0.15, -0.1) is 0 Å². The fourth-order valence-electron chi connectivity index (χ4n) is 4.02. The van der Waals surface area contributed by atoms with Crippen LogP contribution in [0.4, 0.5) is 0 Å². The zero-order valence-corrected chi connectivity index (χ0v) is 23.6. The average Bonchev–Trinajstić information content (AvgIpc) is 3.32. The Bertz CT molecular complexity index is 1130. The van der Waals surface area contributed by atoms with Crippen molar-refractivity contribution in [3.8, 4) is 0 Å². The van der Waals surface area contributed by atoms with E-state index in [2.05, 4.69) is 51.8 Å². The third-order valence-corrected chi connectivity index (χ3v) is 7.24. The summed E-state index contributed by atoms with van der Waals surface area (Å²) in [7, 11) is 0. The van der Waals surface area contributed by atoms with E-state index in [1.165, 1.54) is 5.56 Å². The number of nitrogens with zero attached hydrogens (tertiary/aromatic N) is 3. The van der Waals surface area contributed by atoms with Gasteiger partial charge in [0.15, 0.2) is 0 Å². The molecular weight excluding hydrogens is 538 g/mol. The molecule has 7 heteroatoms. The molecule has 36 heavy (non-hydrogen) atoms. The Labute approximate surface area is 228 Å². The number of amides is 2. The third-order valence-electron chi connectivity index (χ3n) is 6.46. The molecule has 0 aliphatic heterocycles. The predicted molar refractivity (Wildman–Crippen MR) is 150 cm³/mol. The first kappa shape index (κ1) is 28.0. The van der Waals surface area contributed by atoms with E-state index in [0.29, 0.717) is 23.7 Å². The summed E-state index contributed by atoms with van der Waals surface area (Å²) in [5.41, 5.74) is 2.80. The van der Waals surface area contributed by atoms with Gasteiger partial charge >= 0.3 is 0 Å². The number of hydrogen-bond acceptors (Lipinski definition) is 2. The van der Waals surface area contributed by atoms with Crippen LogP contribution in [0.15, 0.2) is 71.3 Å². The number of halogens is 2. The molecular formula is C29H35BrClN3O2. The van der Waals surface area contributed by atoms with Gasteiger partial charge in [-0.3, -0.25) is 9.59 Å². The summed E-state index contributed by atoms with van der Waals surface area (Å²) in [6, 6.07) is 19.1. The summed E-state index contributed by atoms with van der Waals surface area (Å²) in [6.45, 7) is 8.08. The van der Waals surface area contributed by atoms with Gasteiger partial charge in [-0.2, -0.15) is 0 Å². The molecule has 1 unspecified atom stereocenters. The standard InChI is InChI=1S/C29H35BrClN3O2/c1-4-6-17-33(20-27-8-7-18-32(27)19-23-9-13-25(30)14-10-23)28(35)21-34(22(3)5-2)29(36)24-11-15-26(31)16-12-24/h7-16,18,22H,4-6,17,19-21H2,1-3H3. The second-order valence-electron chi connectivity index (χ2n) is 9.12. The van der Waals surface area contributed by atoms with E-state index in [4.69, 9.17) is 11.6 Å². The molecule has 0 spiro atoms. The van der Waals surface area contributed by atoms with Crippen LogP contribution in [0.25, 0.3) is 0 Å². The molecule has 0 aliphatic rings. The monoisotopic (exact) mass is 571 g/mol. The van der Waals surface area contributed by atoms with Gasteiger partial charge in [0.1, 0.15) is 6.54 Å². The molecule has 5 nitrogen and oxygen atoms in total. The number of hydrogen-bond donors (Lipinski definition) is 0. The highest BCUT2D eigenvalue weighted by Crippen LogP contribution is 2.17. The Kier molecular flexibility index (Phi) is 10.6. The van der Waals surface area contributed by atoms with E-state index >= 15 is 0 Å². The lowest BCUT2D eigenvalue weighted by Gasteiger charge is -2.31. The van der Waals surface area contributed by atoms with E-state index in [0.717, 1.165) is 36.0 Å². The van der Waals surface area contributed by atoms with Crippen LogP contribution in [-0.2, 0) is 17.9 Å². The predicted octanol–water partition coefficient (Wildman–Crippen LogP) is 7.02. The van der Waals surface area contributed by atoms with E-state index < -0.39 is 0 Å². The van der Waals surface area contributed by atoms with Gasteiger partial charge in [-0.25, -0.2) is 0 Å². The van der Waals surface area contributed by atoms with Crippen molar-refractivity contribution in [3.63, 3.8) is 0 Å². The van der Waals surface area contributed by atoms with Gasteiger partial charge in [-0.1, -0.05) is 59.9 Å². The van der Waals surface area contributed by atoms with Gasteiger partial charge in [0.05, 0.1) is 6.54 Å². The fourth-order valence-corrected chi connectivity index (χ4v) is 4.41. The minimum absolute atomic E-state index is 0.0394. The Morgan fingerprint density at radius 2 is 1.72 bits per heavy atom. The van der Waals surface area contributed by atoms with Crippen molar-refractivity contribution in [3.05, 3.63) is 93.2 Å². The van der Waals surface area contributed by atoms with E-state index in [-0.39, 0.29) is 24.4 Å². The molecule has 1 aromatic heterocycles. The minimum Gasteiger partial charge on any atom is -0.345 e. The second-order valence-corrected chi connectivity index (χ2v) is 10.5. The second kappa shape index (κ2) is 13.7. The molecule has 0 fully saturated rings. The van der Waals surface area contributed by atoms with Crippen LogP contribution in [0, 0.1) is 0 Å². The molecule has 3 aromatic rings. The van der Waals surface area contributed by atoms with Crippen LogP contribution in [0.2, 0.25) is 5.02 Å². The quantitative estimate of drug-likeness (QED) is 0.234. The fraction of sp³-hybridized carbons (Fsp3) is 0.379. The Balaban J connectivity index is 1.77. The lowest BCUT2D eigenvalue weighted by molar-refractivity contribution is -0.133. The molecule has 1 atom stereocenters. The van der Waals surface area contributed by atoms with Crippen molar-refractivity contribution in [2.75, 3.05) is 13.1 Å². The van der Waals surface area contributed by atoms with E-state index in [1.54, 1.807) is 29.2 Å². The van der Waals surface area contributed by atoms with Crippen LogP contribution >= 0.6 is 27.5 Å². The molecule has 0 saturated heterocycles. The number of unbranched alkanes of at least 4 members (excludes halogenated alkanes) is 1. The maximum atomic E-state index is 13.6. The van der Waals surface area contributed by atoms with Crippen molar-refractivity contribution in [2.45, 2.75) is 59.2 Å². The van der Waals surface area contributed by atoms with Crippen molar-refractivity contribution < 1.29 is 9.59 Å². The zero-order valence-electron chi connectivity index (χ0n) is 21.3. The van der Waals surface area contributed by atoms with E-state index in [9.17, 15) is 9.59 Å².